The molecule has 1 aromatic heterocycles. The van der Waals surface area contributed by atoms with E-state index in [1.165, 1.54) is 31.6 Å². The predicted molar refractivity (Wildman–Crippen MR) is 118 cm³/mol. The van der Waals surface area contributed by atoms with Gasteiger partial charge in [-0.2, -0.15) is 0 Å². The van der Waals surface area contributed by atoms with Crippen molar-refractivity contribution in [1.29, 1.82) is 0 Å². The quantitative estimate of drug-likeness (QED) is 0.284. The molecule has 3 aromatic rings. The van der Waals surface area contributed by atoms with Gasteiger partial charge in [0.15, 0.2) is 5.82 Å². The van der Waals surface area contributed by atoms with Crippen molar-refractivity contribution in [2.24, 2.45) is 0 Å². The molecule has 0 saturated carbocycles. The lowest BCUT2D eigenvalue weighted by molar-refractivity contribution is -0.109. The molecule has 1 heterocycles. The molecule has 31 heavy (non-hydrogen) atoms. The first-order valence-corrected chi connectivity index (χ1v) is 9.89. The number of carbonyl (C=O) groups excluding carboxylic acids is 1. The Morgan fingerprint density at radius 3 is 2.81 bits per heavy atom. The van der Waals surface area contributed by atoms with Crippen molar-refractivity contribution in [3.63, 3.8) is 0 Å². The van der Waals surface area contributed by atoms with Crippen LogP contribution in [-0.4, -0.2) is 43.1 Å². The smallest absolute Gasteiger partial charge is 0.207 e. The van der Waals surface area contributed by atoms with Gasteiger partial charge in [0.2, 0.25) is 6.41 Å². The molecular formula is C22H21ClF2N4O2. The van der Waals surface area contributed by atoms with E-state index in [0.29, 0.717) is 38.3 Å². The molecule has 162 valence electrons. The molecule has 1 N–H and O–H groups in total. The molecular weight excluding hydrogens is 426 g/mol. The van der Waals surface area contributed by atoms with E-state index in [9.17, 15) is 9.18 Å². The number of fused-ring (bicyclic) bond motifs is 1. The molecule has 0 saturated heterocycles. The molecule has 0 radical (unpaired) electrons. The van der Waals surface area contributed by atoms with Gasteiger partial charge in [-0.3, -0.25) is 4.79 Å². The molecule has 3 rings (SSSR count). The zero-order chi connectivity index (χ0) is 22.4. The molecule has 0 fully saturated rings. The maximum absolute atomic E-state index is 15.5. The third kappa shape index (κ3) is 4.59. The van der Waals surface area contributed by atoms with Gasteiger partial charge >= 0.3 is 0 Å². The van der Waals surface area contributed by atoms with Crippen molar-refractivity contribution in [2.45, 2.75) is 6.42 Å². The highest BCUT2D eigenvalue weighted by atomic mass is 35.5. The van der Waals surface area contributed by atoms with Crippen molar-refractivity contribution >= 4 is 34.7 Å². The Bertz CT molecular complexity index is 1110. The predicted octanol–water partition coefficient (Wildman–Crippen LogP) is 4.37. The van der Waals surface area contributed by atoms with Crippen LogP contribution in [0.1, 0.15) is 6.42 Å². The average molecular weight is 447 g/mol. The van der Waals surface area contributed by atoms with Crippen LogP contribution in [0.25, 0.3) is 22.0 Å². The number of hydrogen-bond donors (Lipinski definition) is 1. The number of nitrogens with zero attached hydrogens (tertiary/aromatic N) is 3. The zero-order valence-corrected chi connectivity index (χ0v) is 17.6. The summed E-state index contributed by atoms with van der Waals surface area (Å²) in [4.78, 5) is 20.9. The fourth-order valence-corrected chi connectivity index (χ4v) is 3.57. The largest absolute Gasteiger partial charge is 0.496 e. The van der Waals surface area contributed by atoms with Crippen molar-refractivity contribution in [3.05, 3.63) is 59.9 Å². The van der Waals surface area contributed by atoms with E-state index in [2.05, 4.69) is 21.9 Å². The zero-order valence-electron chi connectivity index (χ0n) is 16.9. The van der Waals surface area contributed by atoms with Gasteiger partial charge in [-0.1, -0.05) is 23.7 Å². The van der Waals surface area contributed by atoms with Gasteiger partial charge in [0, 0.05) is 25.2 Å². The second-order valence-electron chi connectivity index (χ2n) is 6.60. The van der Waals surface area contributed by atoms with Gasteiger partial charge in [-0.05, 0) is 24.6 Å². The van der Waals surface area contributed by atoms with Crippen molar-refractivity contribution < 1.29 is 18.3 Å². The molecule has 0 atom stereocenters. The van der Waals surface area contributed by atoms with Crippen molar-refractivity contribution in [1.82, 2.24) is 15.3 Å². The minimum absolute atomic E-state index is 0.0506. The molecule has 0 spiro atoms. The summed E-state index contributed by atoms with van der Waals surface area (Å²) in [5.41, 5.74) is 0.445. The Balaban J connectivity index is 2.19. The van der Waals surface area contributed by atoms with Crippen LogP contribution >= 0.6 is 11.6 Å². The van der Waals surface area contributed by atoms with Crippen molar-refractivity contribution in [3.8, 4) is 16.9 Å². The number of benzene rings is 2. The molecule has 0 bridgehead atoms. The van der Waals surface area contributed by atoms with Crippen LogP contribution < -0.4 is 15.0 Å². The van der Waals surface area contributed by atoms with Gasteiger partial charge < -0.3 is 15.0 Å². The second-order valence-corrected chi connectivity index (χ2v) is 6.97. The number of methoxy groups -OCH3 is 1. The van der Waals surface area contributed by atoms with Gasteiger partial charge in [0.1, 0.15) is 23.7 Å². The highest BCUT2D eigenvalue weighted by Crippen LogP contribution is 2.41. The lowest BCUT2D eigenvalue weighted by atomic mass is 10.0. The first-order chi connectivity index (χ1) is 15.0. The Morgan fingerprint density at radius 1 is 1.29 bits per heavy atom. The molecule has 1 amide bonds. The number of amides is 1. The highest BCUT2D eigenvalue weighted by molar-refractivity contribution is 6.34. The summed E-state index contributed by atoms with van der Waals surface area (Å²) in [6.07, 6.45) is 4.25. The average Bonchev–Trinajstić information content (AvgIpc) is 2.78. The van der Waals surface area contributed by atoms with E-state index in [0.717, 1.165) is 0 Å². The molecule has 0 aliphatic carbocycles. The number of nitrogens with one attached hydrogen (secondary N) is 1. The fraction of sp³-hybridized carbons (Fsp3) is 0.227. The van der Waals surface area contributed by atoms with Crippen LogP contribution in [0, 0.1) is 11.6 Å². The molecule has 0 unspecified atom stereocenters. The van der Waals surface area contributed by atoms with Gasteiger partial charge in [-0.15, -0.1) is 6.58 Å². The number of ether oxygens (including phenoxy) is 1. The summed E-state index contributed by atoms with van der Waals surface area (Å²) in [6, 6.07) is 5.83. The van der Waals surface area contributed by atoms with E-state index in [1.807, 2.05) is 4.90 Å². The maximum atomic E-state index is 15.5. The lowest BCUT2D eigenvalue weighted by Crippen LogP contribution is -2.33. The number of hydrogen-bond acceptors (Lipinski definition) is 5. The summed E-state index contributed by atoms with van der Waals surface area (Å²) in [6.45, 7) is 4.94. The monoisotopic (exact) mass is 446 g/mol. The molecule has 9 heteroatoms. The number of carbonyl (C=O) groups is 1. The van der Waals surface area contributed by atoms with E-state index < -0.39 is 11.6 Å². The Kier molecular flexibility index (Phi) is 7.36. The number of anilines is 1. The van der Waals surface area contributed by atoms with E-state index in [4.69, 9.17) is 16.3 Å². The lowest BCUT2D eigenvalue weighted by Gasteiger charge is -2.24. The minimum Gasteiger partial charge on any atom is -0.496 e. The normalized spacial score (nSPS) is 10.7. The maximum Gasteiger partial charge on any atom is 0.207 e. The summed E-state index contributed by atoms with van der Waals surface area (Å²) in [7, 11) is 1.40. The molecule has 0 aliphatic rings. The van der Waals surface area contributed by atoms with Crippen LogP contribution in [0.3, 0.4) is 0 Å². The number of rotatable bonds is 10. The van der Waals surface area contributed by atoms with E-state index >= 15 is 4.39 Å². The Morgan fingerprint density at radius 2 is 2.10 bits per heavy atom. The summed E-state index contributed by atoms with van der Waals surface area (Å²) in [5.74, 6) is -0.808. The topological polar surface area (TPSA) is 67.4 Å². The third-order valence-corrected chi connectivity index (χ3v) is 5.13. The number of halogens is 3. The number of aromatic nitrogens is 2. The third-order valence-electron chi connectivity index (χ3n) is 4.76. The molecule has 0 aliphatic heterocycles. The van der Waals surface area contributed by atoms with Crippen LogP contribution in [-0.2, 0) is 4.79 Å². The standard InChI is InChI=1S/C22H21ClF2N4O2/c1-3-4-9-29(10-8-26-13-30)22-19-16(27-12-28-22)11-14(20(23)21(19)25)18-15(24)6-5-7-17(18)31-2/h3,5-7,11-13H,1,4,8-10H2,2H3,(H,26,30). The van der Waals surface area contributed by atoms with Crippen LogP contribution in [0.4, 0.5) is 14.6 Å². The summed E-state index contributed by atoms with van der Waals surface area (Å²) in [5, 5.41) is 2.43. The van der Waals surface area contributed by atoms with Crippen LogP contribution in [0.15, 0.2) is 43.2 Å². The van der Waals surface area contributed by atoms with Gasteiger partial charge in [-0.25, -0.2) is 18.7 Å². The van der Waals surface area contributed by atoms with Crippen LogP contribution in [0.5, 0.6) is 5.75 Å². The van der Waals surface area contributed by atoms with Crippen molar-refractivity contribution in [2.75, 3.05) is 31.6 Å². The first kappa shape index (κ1) is 22.4. The fourth-order valence-electron chi connectivity index (χ4n) is 3.32. The Hall–Kier alpha value is -3.26. The SMILES string of the molecule is C=CCCN(CCNC=O)c1ncnc2cc(-c3c(F)cccc3OC)c(Cl)c(F)c12. The molecule has 6 nitrogen and oxygen atoms in total. The highest BCUT2D eigenvalue weighted by Gasteiger charge is 2.23. The molecule has 2 aromatic carbocycles. The van der Waals surface area contributed by atoms with Crippen LogP contribution in [0.2, 0.25) is 5.02 Å². The minimum atomic E-state index is -0.762. The summed E-state index contributed by atoms with van der Waals surface area (Å²) < 4.78 is 35.4. The van der Waals surface area contributed by atoms with Gasteiger partial charge in [0.25, 0.3) is 0 Å². The summed E-state index contributed by atoms with van der Waals surface area (Å²) >= 11 is 6.37. The van der Waals surface area contributed by atoms with E-state index in [1.54, 1.807) is 12.1 Å². The Labute approximate surface area is 183 Å². The second kappa shape index (κ2) is 10.2. The van der Waals surface area contributed by atoms with Gasteiger partial charge in [0.05, 0.1) is 28.6 Å². The van der Waals surface area contributed by atoms with E-state index in [-0.39, 0.29) is 32.8 Å². The first-order valence-electron chi connectivity index (χ1n) is 9.51.